The van der Waals surface area contributed by atoms with E-state index in [1.807, 2.05) is 6.07 Å². The molecular weight excluding hydrogens is 368 g/mol. The summed E-state index contributed by atoms with van der Waals surface area (Å²) in [6, 6.07) is 13.8. The van der Waals surface area contributed by atoms with Crippen molar-refractivity contribution in [3.8, 4) is 0 Å². The van der Waals surface area contributed by atoms with Gasteiger partial charge in [-0.25, -0.2) is 4.79 Å². The molecule has 1 saturated heterocycles. The Kier molecular flexibility index (Phi) is 5.21. The third-order valence-electron chi connectivity index (χ3n) is 4.71. The second kappa shape index (κ2) is 7.36. The molecule has 0 atom stereocenters. The summed E-state index contributed by atoms with van der Waals surface area (Å²) in [5.41, 5.74) is 9.02. The maximum Gasteiger partial charge on any atom is 0.337 e. The van der Waals surface area contributed by atoms with Crippen LogP contribution in [0.4, 0.5) is 5.69 Å². The molecule has 0 amide bonds. The topological polar surface area (TPSA) is 66.6 Å². The molecule has 1 aliphatic heterocycles. The molecule has 0 aliphatic carbocycles. The molecule has 126 valence electrons. The van der Waals surface area contributed by atoms with Crippen molar-refractivity contribution in [1.82, 2.24) is 4.90 Å². The van der Waals surface area contributed by atoms with Crippen LogP contribution in [0.1, 0.15) is 40.2 Å². The van der Waals surface area contributed by atoms with Gasteiger partial charge >= 0.3 is 5.97 Å². The Labute approximate surface area is 150 Å². The Bertz CT molecular complexity index is 726. The predicted molar refractivity (Wildman–Crippen MR) is 99.2 cm³/mol. The van der Waals surface area contributed by atoms with E-state index in [1.165, 1.54) is 5.56 Å². The van der Waals surface area contributed by atoms with Gasteiger partial charge in [0.25, 0.3) is 0 Å². The first-order valence-corrected chi connectivity index (χ1v) is 8.93. The number of carbonyl (C=O) groups is 1. The molecular formula is C19H21BrN2O2. The van der Waals surface area contributed by atoms with E-state index in [-0.39, 0.29) is 5.56 Å². The number of halogens is 1. The zero-order chi connectivity index (χ0) is 17.1. The van der Waals surface area contributed by atoms with Crippen LogP contribution in [-0.4, -0.2) is 29.1 Å². The third kappa shape index (κ3) is 3.62. The second-order valence-corrected chi connectivity index (χ2v) is 7.12. The van der Waals surface area contributed by atoms with Gasteiger partial charge in [0.2, 0.25) is 0 Å². The lowest BCUT2D eigenvalue weighted by Gasteiger charge is -2.33. The maximum atomic E-state index is 11.3. The Balaban J connectivity index is 1.71. The summed E-state index contributed by atoms with van der Waals surface area (Å²) in [6.45, 7) is 2.94. The highest BCUT2D eigenvalue weighted by atomic mass is 79.9. The van der Waals surface area contributed by atoms with Crippen LogP contribution in [0.15, 0.2) is 46.9 Å². The van der Waals surface area contributed by atoms with Crippen molar-refractivity contribution in [2.45, 2.75) is 25.3 Å². The normalized spacial score (nSPS) is 16.2. The molecule has 0 aromatic heterocycles. The fourth-order valence-electron chi connectivity index (χ4n) is 3.43. The van der Waals surface area contributed by atoms with E-state index >= 15 is 0 Å². The molecule has 0 spiro atoms. The molecule has 3 N–H and O–H groups in total. The molecule has 0 bridgehead atoms. The number of hydrogen-bond donors (Lipinski definition) is 2. The minimum absolute atomic E-state index is 0.194. The maximum absolute atomic E-state index is 11.3. The number of rotatable bonds is 4. The van der Waals surface area contributed by atoms with Crippen LogP contribution in [0.5, 0.6) is 0 Å². The van der Waals surface area contributed by atoms with E-state index in [2.05, 4.69) is 45.1 Å². The quantitative estimate of drug-likeness (QED) is 0.773. The summed E-state index contributed by atoms with van der Waals surface area (Å²) in [6.07, 6.45) is 1.97. The minimum atomic E-state index is -0.970. The van der Waals surface area contributed by atoms with Crippen LogP contribution in [0.3, 0.4) is 0 Å². The van der Waals surface area contributed by atoms with Gasteiger partial charge in [-0.05, 0) is 55.1 Å². The van der Waals surface area contributed by atoms with E-state index < -0.39 is 5.97 Å². The average Bonchev–Trinajstić information content (AvgIpc) is 2.57. The van der Waals surface area contributed by atoms with Gasteiger partial charge in [-0.3, -0.25) is 4.90 Å². The second-order valence-electron chi connectivity index (χ2n) is 6.26. The van der Waals surface area contributed by atoms with Crippen LogP contribution in [0.2, 0.25) is 0 Å². The summed E-state index contributed by atoms with van der Waals surface area (Å²) < 4.78 is 0.909. The lowest BCUT2D eigenvalue weighted by Crippen LogP contribution is -2.32. The number of benzene rings is 2. The fourth-order valence-corrected chi connectivity index (χ4v) is 4.10. The number of piperidine rings is 1. The summed E-state index contributed by atoms with van der Waals surface area (Å²) in [7, 11) is 0. The molecule has 24 heavy (non-hydrogen) atoms. The molecule has 2 aromatic carbocycles. The van der Waals surface area contributed by atoms with Crippen molar-refractivity contribution in [2.24, 2.45) is 0 Å². The monoisotopic (exact) mass is 388 g/mol. The number of aromatic carboxylic acids is 1. The number of carboxylic acids is 1. The number of anilines is 1. The molecule has 1 fully saturated rings. The molecule has 5 heteroatoms. The van der Waals surface area contributed by atoms with Crippen LogP contribution in [-0.2, 0) is 6.54 Å². The molecule has 0 radical (unpaired) electrons. The van der Waals surface area contributed by atoms with Crippen molar-refractivity contribution >= 4 is 27.6 Å². The molecule has 0 saturated carbocycles. The number of nitrogen functional groups attached to an aromatic ring is 1. The fraction of sp³-hybridized carbons (Fsp3) is 0.316. The highest BCUT2D eigenvalue weighted by Crippen LogP contribution is 2.38. The smallest absolute Gasteiger partial charge is 0.337 e. The zero-order valence-electron chi connectivity index (χ0n) is 13.4. The lowest BCUT2D eigenvalue weighted by atomic mass is 9.87. The number of nitrogens with zero attached hydrogens (tertiary/aromatic N) is 1. The minimum Gasteiger partial charge on any atom is -0.478 e. The average molecular weight is 389 g/mol. The Hall–Kier alpha value is -1.85. The van der Waals surface area contributed by atoms with E-state index in [0.29, 0.717) is 11.6 Å². The number of hydrogen-bond acceptors (Lipinski definition) is 3. The largest absolute Gasteiger partial charge is 0.478 e. The van der Waals surface area contributed by atoms with Crippen LogP contribution < -0.4 is 5.73 Å². The van der Waals surface area contributed by atoms with Crippen molar-refractivity contribution < 1.29 is 9.90 Å². The van der Waals surface area contributed by atoms with E-state index in [0.717, 1.165) is 42.5 Å². The first-order chi connectivity index (χ1) is 11.6. The molecule has 4 nitrogen and oxygen atoms in total. The van der Waals surface area contributed by atoms with E-state index in [4.69, 9.17) is 5.73 Å². The van der Waals surface area contributed by atoms with Crippen LogP contribution >= 0.6 is 15.9 Å². The predicted octanol–water partition coefficient (Wildman–Crippen LogP) is 4.11. The van der Waals surface area contributed by atoms with Crippen LogP contribution in [0.25, 0.3) is 0 Å². The van der Waals surface area contributed by atoms with Crippen molar-refractivity contribution in [1.29, 1.82) is 0 Å². The highest BCUT2D eigenvalue weighted by Gasteiger charge is 2.26. The van der Waals surface area contributed by atoms with Gasteiger partial charge < -0.3 is 10.8 Å². The van der Waals surface area contributed by atoms with Crippen molar-refractivity contribution in [3.63, 3.8) is 0 Å². The van der Waals surface area contributed by atoms with Gasteiger partial charge in [0, 0.05) is 11.0 Å². The van der Waals surface area contributed by atoms with Crippen molar-refractivity contribution in [2.75, 3.05) is 18.8 Å². The number of likely N-dealkylation sites (tertiary alicyclic amines) is 1. The zero-order valence-corrected chi connectivity index (χ0v) is 15.0. The lowest BCUT2D eigenvalue weighted by molar-refractivity contribution is 0.0698. The summed E-state index contributed by atoms with van der Waals surface area (Å²) >= 11 is 3.55. The molecule has 2 aromatic rings. The summed E-state index contributed by atoms with van der Waals surface area (Å²) in [5.74, 6) is -0.673. The van der Waals surface area contributed by atoms with Gasteiger partial charge in [0.05, 0.1) is 11.3 Å². The molecule has 3 rings (SSSR count). The van der Waals surface area contributed by atoms with Gasteiger partial charge in [-0.15, -0.1) is 0 Å². The highest BCUT2D eigenvalue weighted by molar-refractivity contribution is 9.10. The van der Waals surface area contributed by atoms with Crippen molar-refractivity contribution in [3.05, 3.63) is 63.6 Å². The van der Waals surface area contributed by atoms with Gasteiger partial charge in [-0.1, -0.05) is 46.3 Å². The number of carboxylic acid groups (broad SMARTS) is 1. The molecule has 1 heterocycles. The first-order valence-electron chi connectivity index (χ1n) is 8.13. The SMILES string of the molecule is Nc1c(C(=O)O)ccc(Br)c1C1CCN(Cc2ccccc2)CC1. The Morgan fingerprint density at radius 2 is 1.83 bits per heavy atom. The summed E-state index contributed by atoms with van der Waals surface area (Å²) in [5, 5.41) is 9.28. The van der Waals surface area contributed by atoms with Gasteiger partial charge in [0.1, 0.15) is 0 Å². The first kappa shape index (κ1) is 17.0. The number of nitrogens with two attached hydrogens (primary N) is 1. The standard InChI is InChI=1S/C19H21BrN2O2/c20-16-7-6-15(19(23)24)18(21)17(16)14-8-10-22(11-9-14)12-13-4-2-1-3-5-13/h1-7,14H,8-12,21H2,(H,23,24). The molecule has 0 unspecified atom stereocenters. The Morgan fingerprint density at radius 3 is 2.46 bits per heavy atom. The third-order valence-corrected chi connectivity index (χ3v) is 5.40. The van der Waals surface area contributed by atoms with E-state index in [1.54, 1.807) is 12.1 Å². The van der Waals surface area contributed by atoms with E-state index in [9.17, 15) is 9.90 Å². The van der Waals surface area contributed by atoms with Gasteiger partial charge in [0.15, 0.2) is 0 Å². The molecule has 1 aliphatic rings. The van der Waals surface area contributed by atoms with Gasteiger partial charge in [-0.2, -0.15) is 0 Å². The Morgan fingerprint density at radius 1 is 1.17 bits per heavy atom. The summed E-state index contributed by atoms with van der Waals surface area (Å²) in [4.78, 5) is 13.8. The van der Waals surface area contributed by atoms with Crippen LogP contribution in [0, 0.1) is 0 Å².